The van der Waals surface area contributed by atoms with Crippen molar-refractivity contribution >= 4 is 24.2 Å². The van der Waals surface area contributed by atoms with E-state index in [0.717, 1.165) is 51.7 Å². The fourth-order valence-corrected chi connectivity index (χ4v) is 4.55. The molecule has 0 unspecified atom stereocenters. The number of rotatable bonds is 5. The lowest BCUT2D eigenvalue weighted by Gasteiger charge is -2.34. The predicted octanol–water partition coefficient (Wildman–Crippen LogP) is 1.29. The molecule has 2 atom stereocenters. The molecule has 2 amide bonds. The molecule has 150 valence electrons. The molecule has 3 fully saturated rings. The van der Waals surface area contributed by atoms with Gasteiger partial charge in [-0.25, -0.2) is 0 Å². The van der Waals surface area contributed by atoms with Crippen molar-refractivity contribution in [2.75, 3.05) is 26.2 Å². The summed E-state index contributed by atoms with van der Waals surface area (Å²) >= 11 is 0. The Morgan fingerprint density at radius 2 is 1.96 bits per heavy atom. The van der Waals surface area contributed by atoms with Gasteiger partial charge < -0.3 is 15.1 Å². The molecule has 1 aromatic heterocycles. The zero-order valence-corrected chi connectivity index (χ0v) is 16.6. The molecular formula is C19H30ClN5O2. The number of aromatic nitrogens is 2. The monoisotopic (exact) mass is 395 g/mol. The van der Waals surface area contributed by atoms with Crippen molar-refractivity contribution in [2.24, 2.45) is 5.92 Å². The van der Waals surface area contributed by atoms with Crippen LogP contribution in [0.15, 0.2) is 18.5 Å². The Morgan fingerprint density at radius 1 is 1.19 bits per heavy atom. The van der Waals surface area contributed by atoms with Gasteiger partial charge in [-0.05, 0) is 44.1 Å². The van der Waals surface area contributed by atoms with Gasteiger partial charge in [-0.2, -0.15) is 5.10 Å². The van der Waals surface area contributed by atoms with E-state index in [9.17, 15) is 9.59 Å². The lowest BCUT2D eigenvalue weighted by atomic mass is 9.93. The summed E-state index contributed by atoms with van der Waals surface area (Å²) in [6, 6.07) is 2.64. The highest BCUT2D eigenvalue weighted by Gasteiger charge is 2.35. The maximum absolute atomic E-state index is 12.7. The molecule has 0 aromatic carbocycles. The van der Waals surface area contributed by atoms with E-state index >= 15 is 0 Å². The third kappa shape index (κ3) is 5.02. The lowest BCUT2D eigenvalue weighted by molar-refractivity contribution is -0.141. The second-order valence-corrected chi connectivity index (χ2v) is 8.00. The van der Waals surface area contributed by atoms with Crippen LogP contribution in [0.5, 0.6) is 0 Å². The normalized spacial score (nSPS) is 26.0. The molecule has 0 aliphatic carbocycles. The molecule has 3 aliphatic heterocycles. The Bertz CT molecular complexity index is 630. The predicted molar refractivity (Wildman–Crippen MR) is 105 cm³/mol. The van der Waals surface area contributed by atoms with Gasteiger partial charge in [0.05, 0.1) is 6.54 Å². The van der Waals surface area contributed by atoms with Crippen molar-refractivity contribution < 1.29 is 9.59 Å². The maximum Gasteiger partial charge on any atom is 0.242 e. The molecule has 4 heterocycles. The van der Waals surface area contributed by atoms with Crippen LogP contribution in [-0.4, -0.2) is 69.7 Å². The highest BCUT2D eigenvalue weighted by Crippen LogP contribution is 2.23. The van der Waals surface area contributed by atoms with E-state index in [2.05, 4.69) is 10.4 Å². The number of nitrogens with one attached hydrogen (secondary N) is 1. The van der Waals surface area contributed by atoms with Gasteiger partial charge in [-0.3, -0.25) is 14.3 Å². The second-order valence-electron chi connectivity index (χ2n) is 8.00. The van der Waals surface area contributed by atoms with Crippen LogP contribution >= 0.6 is 12.4 Å². The number of halogens is 1. The number of fused-ring (bicyclic) bond motifs is 2. The highest BCUT2D eigenvalue weighted by atomic mass is 35.5. The molecule has 1 aromatic rings. The van der Waals surface area contributed by atoms with Gasteiger partial charge >= 0.3 is 0 Å². The number of aryl methyl sites for hydroxylation is 1. The van der Waals surface area contributed by atoms with E-state index in [1.807, 2.05) is 28.0 Å². The molecular weight excluding hydrogens is 366 g/mol. The zero-order valence-electron chi connectivity index (χ0n) is 15.8. The summed E-state index contributed by atoms with van der Waals surface area (Å²) in [5, 5.41) is 7.75. The molecule has 0 radical (unpaired) electrons. The Balaban J connectivity index is 0.00000210. The molecule has 7 nitrogen and oxygen atoms in total. The van der Waals surface area contributed by atoms with Gasteiger partial charge in [-0.15, -0.1) is 12.4 Å². The minimum Gasteiger partial charge on any atom is -0.341 e. The average molecular weight is 396 g/mol. The standard InChI is InChI=1S/C19H29N5O2.ClH/c25-18-12-16-2-3-17(21-16)13-23(18)14-19(26)22-9-4-15(5-10-22)6-11-24-8-1-7-20-24;/h1,7-8,15-17,21H,2-6,9-14H2;1H/t16-,17+;/m1./s1. The quantitative estimate of drug-likeness (QED) is 0.815. The first-order chi connectivity index (χ1) is 12.7. The van der Waals surface area contributed by atoms with Crippen molar-refractivity contribution in [1.82, 2.24) is 24.9 Å². The number of amides is 2. The minimum atomic E-state index is 0. The molecule has 3 aliphatic rings. The topological polar surface area (TPSA) is 70.5 Å². The Labute approximate surface area is 166 Å². The lowest BCUT2D eigenvalue weighted by Crippen LogP contribution is -2.47. The summed E-state index contributed by atoms with van der Waals surface area (Å²) in [5.74, 6) is 0.900. The summed E-state index contributed by atoms with van der Waals surface area (Å²) in [7, 11) is 0. The SMILES string of the molecule is Cl.O=C(CN1C[C@@H]2CC[C@H](CC1=O)N2)N1CCC(CCn2cccn2)CC1. The molecule has 4 rings (SSSR count). The Kier molecular flexibility index (Phi) is 6.76. The largest absolute Gasteiger partial charge is 0.341 e. The second kappa shape index (κ2) is 9.06. The van der Waals surface area contributed by atoms with Gasteiger partial charge in [0.25, 0.3) is 0 Å². The Hall–Kier alpha value is -1.60. The van der Waals surface area contributed by atoms with Gasteiger partial charge in [0.2, 0.25) is 11.8 Å². The van der Waals surface area contributed by atoms with Crippen molar-refractivity contribution in [3.05, 3.63) is 18.5 Å². The number of piperidine rings is 1. The molecule has 1 N–H and O–H groups in total. The third-order valence-corrected chi connectivity index (χ3v) is 6.17. The van der Waals surface area contributed by atoms with E-state index in [4.69, 9.17) is 0 Å². The smallest absolute Gasteiger partial charge is 0.242 e. The minimum absolute atomic E-state index is 0. The van der Waals surface area contributed by atoms with Crippen LogP contribution in [0.4, 0.5) is 0 Å². The molecule has 0 saturated carbocycles. The fourth-order valence-electron chi connectivity index (χ4n) is 4.55. The van der Waals surface area contributed by atoms with Crippen LogP contribution in [0.3, 0.4) is 0 Å². The van der Waals surface area contributed by atoms with Gasteiger partial charge in [0, 0.05) is 57.1 Å². The summed E-state index contributed by atoms with van der Waals surface area (Å²) in [5.41, 5.74) is 0. The summed E-state index contributed by atoms with van der Waals surface area (Å²) < 4.78 is 1.98. The van der Waals surface area contributed by atoms with Gasteiger partial charge in [0.15, 0.2) is 0 Å². The first-order valence-electron chi connectivity index (χ1n) is 9.96. The molecule has 2 bridgehead atoms. The Morgan fingerprint density at radius 3 is 2.70 bits per heavy atom. The van der Waals surface area contributed by atoms with E-state index in [1.165, 1.54) is 0 Å². The average Bonchev–Trinajstić information content (AvgIpc) is 3.28. The maximum atomic E-state index is 12.7. The van der Waals surface area contributed by atoms with Crippen LogP contribution < -0.4 is 5.32 Å². The first kappa shape index (κ1) is 20.1. The number of carbonyl (C=O) groups excluding carboxylic acids is 2. The fraction of sp³-hybridized carbons (Fsp3) is 0.737. The van der Waals surface area contributed by atoms with E-state index in [-0.39, 0.29) is 30.8 Å². The van der Waals surface area contributed by atoms with Crippen molar-refractivity contribution in [3.8, 4) is 0 Å². The summed E-state index contributed by atoms with van der Waals surface area (Å²) in [6.07, 6.45) is 9.77. The number of hydrogen-bond acceptors (Lipinski definition) is 4. The van der Waals surface area contributed by atoms with Gasteiger partial charge in [-0.1, -0.05) is 0 Å². The third-order valence-electron chi connectivity index (χ3n) is 6.17. The van der Waals surface area contributed by atoms with Crippen LogP contribution in [0, 0.1) is 5.92 Å². The molecule has 3 saturated heterocycles. The van der Waals surface area contributed by atoms with E-state index in [1.54, 1.807) is 4.90 Å². The zero-order chi connectivity index (χ0) is 17.9. The van der Waals surface area contributed by atoms with Crippen LogP contribution in [-0.2, 0) is 16.1 Å². The summed E-state index contributed by atoms with van der Waals surface area (Å²) in [6.45, 7) is 3.51. The number of carbonyl (C=O) groups is 2. The number of hydrogen-bond donors (Lipinski definition) is 1. The van der Waals surface area contributed by atoms with E-state index < -0.39 is 0 Å². The van der Waals surface area contributed by atoms with Crippen molar-refractivity contribution in [1.29, 1.82) is 0 Å². The molecule has 0 spiro atoms. The van der Waals surface area contributed by atoms with Crippen molar-refractivity contribution in [2.45, 2.75) is 57.2 Å². The van der Waals surface area contributed by atoms with E-state index in [0.29, 0.717) is 31.0 Å². The molecule has 27 heavy (non-hydrogen) atoms. The molecule has 8 heteroatoms. The van der Waals surface area contributed by atoms with Crippen LogP contribution in [0.25, 0.3) is 0 Å². The first-order valence-corrected chi connectivity index (χ1v) is 9.96. The number of likely N-dealkylation sites (tertiary alicyclic amines) is 2. The van der Waals surface area contributed by atoms with Crippen LogP contribution in [0.2, 0.25) is 0 Å². The number of nitrogens with zero attached hydrogens (tertiary/aromatic N) is 4. The summed E-state index contributed by atoms with van der Waals surface area (Å²) in [4.78, 5) is 28.8. The van der Waals surface area contributed by atoms with Crippen molar-refractivity contribution in [3.63, 3.8) is 0 Å². The van der Waals surface area contributed by atoms with Gasteiger partial charge in [0.1, 0.15) is 0 Å². The van der Waals surface area contributed by atoms with Crippen LogP contribution in [0.1, 0.15) is 38.5 Å². The highest BCUT2D eigenvalue weighted by molar-refractivity contribution is 5.85.